The molecule has 0 saturated carbocycles. The lowest BCUT2D eigenvalue weighted by molar-refractivity contribution is -0.120. The van der Waals surface area contributed by atoms with E-state index in [1.165, 1.54) is 6.21 Å². The van der Waals surface area contributed by atoms with Gasteiger partial charge in [0.05, 0.1) is 19.9 Å². The first-order chi connectivity index (χ1) is 12.5. The van der Waals surface area contributed by atoms with Crippen LogP contribution in [0.1, 0.15) is 23.6 Å². The minimum Gasteiger partial charge on any atom is -0.493 e. The van der Waals surface area contributed by atoms with Gasteiger partial charge in [-0.3, -0.25) is 4.79 Å². The summed E-state index contributed by atoms with van der Waals surface area (Å²) < 4.78 is 10.7. The standard InChI is InChI=1S/C20H24N2O4/c1-5-25-19-11-16(9-10-18(19)24-4)12-21-26-13-20(23)22-17-8-6-7-14(2)15(17)3/h6-12H,5,13H2,1-4H3,(H,22,23). The fraction of sp³-hybridized carbons (Fsp3) is 0.300. The van der Waals surface area contributed by atoms with Crippen LogP contribution in [0.15, 0.2) is 41.6 Å². The maximum Gasteiger partial charge on any atom is 0.265 e. The first-order valence-corrected chi connectivity index (χ1v) is 8.37. The van der Waals surface area contributed by atoms with Gasteiger partial charge < -0.3 is 19.6 Å². The van der Waals surface area contributed by atoms with E-state index in [2.05, 4.69) is 10.5 Å². The lowest BCUT2D eigenvalue weighted by Gasteiger charge is -2.10. The molecule has 0 aliphatic heterocycles. The molecule has 0 radical (unpaired) electrons. The Kier molecular flexibility index (Phi) is 7.02. The highest BCUT2D eigenvalue weighted by molar-refractivity contribution is 5.92. The molecule has 0 bridgehead atoms. The summed E-state index contributed by atoms with van der Waals surface area (Å²) in [6, 6.07) is 11.2. The number of ether oxygens (including phenoxy) is 2. The summed E-state index contributed by atoms with van der Waals surface area (Å²) in [5, 5.41) is 6.65. The summed E-state index contributed by atoms with van der Waals surface area (Å²) in [6.45, 7) is 6.23. The van der Waals surface area contributed by atoms with Gasteiger partial charge in [0.25, 0.3) is 5.91 Å². The predicted octanol–water partition coefficient (Wildman–Crippen LogP) is 3.70. The monoisotopic (exact) mass is 356 g/mol. The molecule has 0 aromatic heterocycles. The number of hydrogen-bond acceptors (Lipinski definition) is 5. The zero-order valence-corrected chi connectivity index (χ0v) is 15.5. The van der Waals surface area contributed by atoms with E-state index in [0.717, 1.165) is 22.4 Å². The average molecular weight is 356 g/mol. The number of anilines is 1. The number of hydrogen-bond donors (Lipinski definition) is 1. The molecular formula is C20H24N2O4. The Balaban J connectivity index is 1.89. The first-order valence-electron chi connectivity index (χ1n) is 8.37. The Hall–Kier alpha value is -3.02. The zero-order chi connectivity index (χ0) is 18.9. The van der Waals surface area contributed by atoms with Crippen molar-refractivity contribution in [1.29, 1.82) is 0 Å². The molecule has 0 unspecified atom stereocenters. The number of nitrogens with zero attached hydrogens (tertiary/aromatic N) is 1. The number of nitrogens with one attached hydrogen (secondary N) is 1. The average Bonchev–Trinajstić information content (AvgIpc) is 2.63. The van der Waals surface area contributed by atoms with Crippen molar-refractivity contribution in [3.8, 4) is 11.5 Å². The van der Waals surface area contributed by atoms with E-state index in [4.69, 9.17) is 14.3 Å². The van der Waals surface area contributed by atoms with Gasteiger partial charge in [0.15, 0.2) is 18.1 Å². The van der Waals surface area contributed by atoms with Crippen LogP contribution in [0.25, 0.3) is 0 Å². The third kappa shape index (κ3) is 5.24. The molecule has 26 heavy (non-hydrogen) atoms. The van der Waals surface area contributed by atoms with Gasteiger partial charge in [-0.05, 0) is 56.2 Å². The molecule has 138 valence electrons. The Morgan fingerprint density at radius 2 is 2.00 bits per heavy atom. The SMILES string of the molecule is CCOc1cc(C=NOCC(=O)Nc2cccc(C)c2C)ccc1OC. The topological polar surface area (TPSA) is 69.2 Å². The summed E-state index contributed by atoms with van der Waals surface area (Å²) in [6.07, 6.45) is 1.52. The van der Waals surface area contributed by atoms with Crippen LogP contribution < -0.4 is 14.8 Å². The first kappa shape index (κ1) is 19.3. The smallest absolute Gasteiger partial charge is 0.265 e. The third-order valence-electron chi connectivity index (χ3n) is 3.84. The van der Waals surface area contributed by atoms with Crippen molar-refractivity contribution in [2.24, 2.45) is 5.16 Å². The molecule has 0 heterocycles. The summed E-state index contributed by atoms with van der Waals surface area (Å²) in [5.74, 6) is 1.02. The second-order valence-corrected chi connectivity index (χ2v) is 5.65. The summed E-state index contributed by atoms with van der Waals surface area (Å²) in [5.41, 5.74) is 3.71. The predicted molar refractivity (Wildman–Crippen MR) is 102 cm³/mol. The van der Waals surface area contributed by atoms with Gasteiger partial charge in [0.1, 0.15) is 0 Å². The second kappa shape index (κ2) is 9.46. The Morgan fingerprint density at radius 3 is 2.73 bits per heavy atom. The van der Waals surface area contributed by atoms with Gasteiger partial charge in [0, 0.05) is 11.3 Å². The van der Waals surface area contributed by atoms with Crippen LogP contribution >= 0.6 is 0 Å². The number of amides is 1. The second-order valence-electron chi connectivity index (χ2n) is 5.65. The van der Waals surface area contributed by atoms with Crippen LogP contribution in [0.3, 0.4) is 0 Å². The van der Waals surface area contributed by atoms with Crippen molar-refractivity contribution in [2.75, 3.05) is 25.6 Å². The number of carbonyl (C=O) groups excluding carboxylic acids is 1. The highest BCUT2D eigenvalue weighted by Crippen LogP contribution is 2.27. The number of oxime groups is 1. The molecule has 0 aliphatic carbocycles. The largest absolute Gasteiger partial charge is 0.493 e. The molecule has 0 aliphatic rings. The minimum atomic E-state index is -0.263. The molecule has 6 heteroatoms. The van der Waals surface area contributed by atoms with Crippen molar-refractivity contribution in [3.63, 3.8) is 0 Å². The quantitative estimate of drug-likeness (QED) is 0.578. The molecule has 1 amide bonds. The number of benzene rings is 2. The van der Waals surface area contributed by atoms with E-state index in [1.54, 1.807) is 19.2 Å². The van der Waals surface area contributed by atoms with Crippen molar-refractivity contribution < 1.29 is 19.1 Å². The molecule has 2 rings (SSSR count). The van der Waals surface area contributed by atoms with E-state index in [9.17, 15) is 4.79 Å². The van der Waals surface area contributed by atoms with Gasteiger partial charge in [-0.1, -0.05) is 17.3 Å². The van der Waals surface area contributed by atoms with Gasteiger partial charge in [0.2, 0.25) is 0 Å². The van der Waals surface area contributed by atoms with Gasteiger partial charge in [-0.15, -0.1) is 0 Å². The van der Waals surface area contributed by atoms with Crippen LogP contribution in [0.5, 0.6) is 11.5 Å². The molecule has 0 spiro atoms. The zero-order valence-electron chi connectivity index (χ0n) is 15.5. The van der Waals surface area contributed by atoms with Gasteiger partial charge in [-0.25, -0.2) is 0 Å². The van der Waals surface area contributed by atoms with Gasteiger partial charge in [-0.2, -0.15) is 0 Å². The molecule has 2 aromatic rings. The van der Waals surface area contributed by atoms with E-state index < -0.39 is 0 Å². The lowest BCUT2D eigenvalue weighted by atomic mass is 10.1. The van der Waals surface area contributed by atoms with E-state index in [-0.39, 0.29) is 12.5 Å². The van der Waals surface area contributed by atoms with E-state index in [0.29, 0.717) is 18.1 Å². The van der Waals surface area contributed by atoms with Crippen molar-refractivity contribution in [2.45, 2.75) is 20.8 Å². The maximum atomic E-state index is 12.0. The van der Waals surface area contributed by atoms with E-state index in [1.807, 2.05) is 45.0 Å². The van der Waals surface area contributed by atoms with Crippen molar-refractivity contribution in [3.05, 3.63) is 53.1 Å². The van der Waals surface area contributed by atoms with Crippen LogP contribution in [-0.4, -0.2) is 32.4 Å². The molecular weight excluding hydrogens is 332 g/mol. The summed E-state index contributed by atoms with van der Waals surface area (Å²) >= 11 is 0. The summed E-state index contributed by atoms with van der Waals surface area (Å²) in [4.78, 5) is 17.0. The lowest BCUT2D eigenvalue weighted by Crippen LogP contribution is -2.17. The summed E-state index contributed by atoms with van der Waals surface area (Å²) in [7, 11) is 1.59. The van der Waals surface area contributed by atoms with Crippen molar-refractivity contribution >= 4 is 17.8 Å². The maximum absolute atomic E-state index is 12.0. The molecule has 0 saturated heterocycles. The van der Waals surface area contributed by atoms with Crippen LogP contribution in [0, 0.1) is 13.8 Å². The number of aryl methyl sites for hydroxylation is 1. The van der Waals surface area contributed by atoms with Crippen molar-refractivity contribution in [1.82, 2.24) is 0 Å². The van der Waals surface area contributed by atoms with E-state index >= 15 is 0 Å². The fourth-order valence-corrected chi connectivity index (χ4v) is 2.31. The van der Waals surface area contributed by atoms with Crippen LogP contribution in [0.4, 0.5) is 5.69 Å². The molecule has 6 nitrogen and oxygen atoms in total. The molecule has 2 aromatic carbocycles. The van der Waals surface area contributed by atoms with Crippen LogP contribution in [-0.2, 0) is 9.63 Å². The fourth-order valence-electron chi connectivity index (χ4n) is 2.31. The molecule has 0 atom stereocenters. The third-order valence-corrected chi connectivity index (χ3v) is 3.84. The molecule has 0 fully saturated rings. The normalized spacial score (nSPS) is 10.6. The Bertz CT molecular complexity index is 787. The Morgan fingerprint density at radius 1 is 1.19 bits per heavy atom. The number of carbonyl (C=O) groups is 1. The highest BCUT2D eigenvalue weighted by atomic mass is 16.6. The Labute approximate surface area is 153 Å². The highest BCUT2D eigenvalue weighted by Gasteiger charge is 2.07. The molecule has 1 N–H and O–H groups in total. The van der Waals surface area contributed by atoms with Crippen LogP contribution in [0.2, 0.25) is 0 Å². The minimum absolute atomic E-state index is 0.168. The van der Waals surface area contributed by atoms with Gasteiger partial charge >= 0.3 is 0 Å². The number of methoxy groups -OCH3 is 1. The number of rotatable bonds is 8.